The molecule has 0 aliphatic heterocycles. The first-order valence-corrected chi connectivity index (χ1v) is 5.54. The minimum absolute atomic E-state index is 0.486. The summed E-state index contributed by atoms with van der Waals surface area (Å²) in [7, 11) is 0. The van der Waals surface area contributed by atoms with E-state index in [2.05, 4.69) is 35.0 Å². The molecule has 0 bridgehead atoms. The average molecular weight is 241 g/mol. The fraction of sp³-hybridized carbons (Fsp3) is 0.455. The highest BCUT2D eigenvalue weighted by Gasteiger charge is 2.24. The van der Waals surface area contributed by atoms with Gasteiger partial charge in [-0.25, -0.2) is 0 Å². The van der Waals surface area contributed by atoms with Gasteiger partial charge in [0.05, 0.1) is 6.10 Å². The highest BCUT2D eigenvalue weighted by atomic mass is 79.9. The third kappa shape index (κ3) is 2.05. The first kappa shape index (κ1) is 9.07. The largest absolute Gasteiger partial charge is 0.490 e. The third-order valence-electron chi connectivity index (χ3n) is 2.25. The molecule has 1 aromatic carbocycles. The van der Waals surface area contributed by atoms with E-state index in [1.165, 1.54) is 18.4 Å². The third-order valence-corrected chi connectivity index (χ3v) is 2.99. The highest BCUT2D eigenvalue weighted by molar-refractivity contribution is 9.10. The van der Waals surface area contributed by atoms with Crippen LogP contribution in [0.15, 0.2) is 22.7 Å². The Hall–Kier alpha value is -0.500. The molecule has 1 aromatic rings. The molecule has 0 unspecified atom stereocenters. The van der Waals surface area contributed by atoms with E-state index >= 15 is 0 Å². The van der Waals surface area contributed by atoms with E-state index in [-0.39, 0.29) is 0 Å². The molecule has 70 valence electrons. The maximum atomic E-state index is 5.80. The van der Waals surface area contributed by atoms with E-state index in [9.17, 15) is 0 Å². The summed E-state index contributed by atoms with van der Waals surface area (Å²) in [5, 5.41) is 0. The van der Waals surface area contributed by atoms with E-state index in [1.807, 2.05) is 6.07 Å². The van der Waals surface area contributed by atoms with Crippen molar-refractivity contribution in [3.8, 4) is 5.75 Å². The molecule has 0 atom stereocenters. The highest BCUT2D eigenvalue weighted by Crippen LogP contribution is 2.32. The zero-order valence-corrected chi connectivity index (χ0v) is 9.30. The molecule has 2 heteroatoms. The molecule has 1 aliphatic rings. The van der Waals surface area contributed by atoms with Crippen LogP contribution in [0, 0.1) is 0 Å². The van der Waals surface area contributed by atoms with Gasteiger partial charge in [-0.05, 0) is 31.4 Å². The molecule has 1 fully saturated rings. The number of benzene rings is 1. The van der Waals surface area contributed by atoms with Gasteiger partial charge in [0.15, 0.2) is 0 Å². The molecular formula is C11H13BrO. The van der Waals surface area contributed by atoms with Gasteiger partial charge in [0.1, 0.15) is 5.75 Å². The smallest absolute Gasteiger partial charge is 0.124 e. The normalized spacial score (nSPS) is 15.8. The first-order valence-electron chi connectivity index (χ1n) is 4.75. The molecule has 0 amide bonds. The topological polar surface area (TPSA) is 9.23 Å². The van der Waals surface area contributed by atoms with Crippen molar-refractivity contribution < 1.29 is 4.74 Å². The van der Waals surface area contributed by atoms with Gasteiger partial charge in [-0.2, -0.15) is 0 Å². The van der Waals surface area contributed by atoms with Crippen LogP contribution >= 0.6 is 15.9 Å². The number of hydrogen-bond donors (Lipinski definition) is 0. The first-order chi connectivity index (χ1) is 6.31. The Bertz CT molecular complexity index is 305. The van der Waals surface area contributed by atoms with Crippen molar-refractivity contribution >= 4 is 15.9 Å². The molecule has 1 saturated carbocycles. The zero-order valence-electron chi connectivity index (χ0n) is 7.72. The average Bonchev–Trinajstić information content (AvgIpc) is 2.89. The SMILES string of the molecule is CCc1c(Br)cccc1OC1CC1. The monoisotopic (exact) mass is 240 g/mol. The van der Waals surface area contributed by atoms with Crippen molar-refractivity contribution in [2.24, 2.45) is 0 Å². The summed E-state index contributed by atoms with van der Waals surface area (Å²) in [5.74, 6) is 1.05. The Balaban J connectivity index is 2.25. The van der Waals surface area contributed by atoms with Crippen molar-refractivity contribution in [2.75, 3.05) is 0 Å². The maximum absolute atomic E-state index is 5.80. The number of ether oxygens (including phenoxy) is 1. The lowest BCUT2D eigenvalue weighted by Gasteiger charge is -2.10. The summed E-state index contributed by atoms with van der Waals surface area (Å²) < 4.78 is 6.96. The van der Waals surface area contributed by atoms with Crippen LogP contribution in [0.3, 0.4) is 0 Å². The number of halogens is 1. The molecule has 0 N–H and O–H groups in total. The van der Waals surface area contributed by atoms with Gasteiger partial charge in [-0.3, -0.25) is 0 Å². The van der Waals surface area contributed by atoms with Crippen LogP contribution in [0.2, 0.25) is 0 Å². The minimum Gasteiger partial charge on any atom is -0.490 e. The predicted molar refractivity (Wildman–Crippen MR) is 57.2 cm³/mol. The Morgan fingerprint density at radius 3 is 2.85 bits per heavy atom. The summed E-state index contributed by atoms with van der Waals surface area (Å²) in [6.45, 7) is 2.15. The Morgan fingerprint density at radius 1 is 1.46 bits per heavy atom. The van der Waals surface area contributed by atoms with Crippen LogP contribution in [0.4, 0.5) is 0 Å². The number of hydrogen-bond acceptors (Lipinski definition) is 1. The Labute approximate surface area is 87.2 Å². The summed E-state index contributed by atoms with van der Waals surface area (Å²) in [5.41, 5.74) is 1.29. The summed E-state index contributed by atoms with van der Waals surface area (Å²) in [6.07, 6.45) is 3.94. The molecule has 2 rings (SSSR count). The van der Waals surface area contributed by atoms with E-state index in [4.69, 9.17) is 4.74 Å². The van der Waals surface area contributed by atoms with Gasteiger partial charge in [0.25, 0.3) is 0 Å². The maximum Gasteiger partial charge on any atom is 0.124 e. The summed E-state index contributed by atoms with van der Waals surface area (Å²) >= 11 is 3.54. The van der Waals surface area contributed by atoms with Crippen LogP contribution in [0.25, 0.3) is 0 Å². The van der Waals surface area contributed by atoms with E-state index in [1.54, 1.807) is 0 Å². The second-order valence-corrected chi connectivity index (χ2v) is 4.24. The lowest BCUT2D eigenvalue weighted by atomic mass is 10.1. The predicted octanol–water partition coefficient (Wildman–Crippen LogP) is 3.55. The molecule has 1 aliphatic carbocycles. The van der Waals surface area contributed by atoms with Gasteiger partial charge in [0.2, 0.25) is 0 Å². The molecule has 0 aromatic heterocycles. The molecule has 13 heavy (non-hydrogen) atoms. The van der Waals surface area contributed by atoms with E-state index < -0.39 is 0 Å². The van der Waals surface area contributed by atoms with Crippen LogP contribution in [-0.4, -0.2) is 6.10 Å². The van der Waals surface area contributed by atoms with Crippen LogP contribution in [0.5, 0.6) is 5.75 Å². The van der Waals surface area contributed by atoms with Crippen molar-refractivity contribution in [3.05, 3.63) is 28.2 Å². The van der Waals surface area contributed by atoms with Crippen molar-refractivity contribution in [1.82, 2.24) is 0 Å². The zero-order chi connectivity index (χ0) is 9.26. The molecule has 0 spiro atoms. The van der Waals surface area contributed by atoms with Crippen LogP contribution in [-0.2, 0) is 6.42 Å². The van der Waals surface area contributed by atoms with Crippen molar-refractivity contribution in [2.45, 2.75) is 32.3 Å². The second-order valence-electron chi connectivity index (χ2n) is 3.39. The molecule has 0 radical (unpaired) electrons. The summed E-state index contributed by atoms with van der Waals surface area (Å²) in [6, 6.07) is 6.15. The summed E-state index contributed by atoms with van der Waals surface area (Å²) in [4.78, 5) is 0. The minimum atomic E-state index is 0.486. The van der Waals surface area contributed by atoms with Gasteiger partial charge in [-0.1, -0.05) is 28.9 Å². The quantitative estimate of drug-likeness (QED) is 0.786. The molecular weight excluding hydrogens is 228 g/mol. The lowest BCUT2D eigenvalue weighted by Crippen LogP contribution is -1.99. The van der Waals surface area contributed by atoms with Crippen molar-refractivity contribution in [3.63, 3.8) is 0 Å². The molecule has 1 nitrogen and oxygen atoms in total. The Morgan fingerprint density at radius 2 is 2.23 bits per heavy atom. The fourth-order valence-corrected chi connectivity index (χ4v) is 1.99. The van der Waals surface area contributed by atoms with Gasteiger partial charge < -0.3 is 4.74 Å². The van der Waals surface area contributed by atoms with Crippen molar-refractivity contribution in [1.29, 1.82) is 0 Å². The standard InChI is InChI=1S/C11H13BrO/c1-2-9-10(12)4-3-5-11(9)13-8-6-7-8/h3-5,8H,2,6-7H2,1H3. The van der Waals surface area contributed by atoms with Gasteiger partial charge in [-0.15, -0.1) is 0 Å². The lowest BCUT2D eigenvalue weighted by molar-refractivity contribution is 0.300. The molecule has 0 heterocycles. The fourth-order valence-electron chi connectivity index (χ4n) is 1.36. The van der Waals surface area contributed by atoms with Gasteiger partial charge in [0, 0.05) is 10.0 Å². The Kier molecular flexibility index (Phi) is 2.58. The van der Waals surface area contributed by atoms with Crippen LogP contribution in [0.1, 0.15) is 25.3 Å². The van der Waals surface area contributed by atoms with Crippen LogP contribution < -0.4 is 4.74 Å². The van der Waals surface area contributed by atoms with E-state index in [0.29, 0.717) is 6.10 Å². The van der Waals surface area contributed by atoms with E-state index in [0.717, 1.165) is 16.6 Å². The number of rotatable bonds is 3. The molecule has 0 saturated heterocycles. The second kappa shape index (κ2) is 3.70. The van der Waals surface area contributed by atoms with Gasteiger partial charge >= 0.3 is 0 Å².